The van der Waals surface area contributed by atoms with E-state index < -0.39 is 0 Å². The van der Waals surface area contributed by atoms with Crippen molar-refractivity contribution in [3.63, 3.8) is 0 Å². The second-order valence-corrected chi connectivity index (χ2v) is 6.36. The van der Waals surface area contributed by atoms with Crippen LogP contribution in [0.3, 0.4) is 0 Å². The number of hydrogen-bond acceptors (Lipinski definition) is 4. The van der Waals surface area contributed by atoms with E-state index in [1.54, 1.807) is 7.11 Å². The van der Waals surface area contributed by atoms with Crippen LogP contribution in [0.25, 0.3) is 0 Å². The van der Waals surface area contributed by atoms with E-state index in [1.807, 2.05) is 6.92 Å². The Morgan fingerprint density at radius 3 is 2.52 bits per heavy atom. The van der Waals surface area contributed by atoms with Crippen LogP contribution in [0.4, 0.5) is 0 Å². The van der Waals surface area contributed by atoms with Crippen molar-refractivity contribution in [2.75, 3.05) is 39.9 Å². The van der Waals surface area contributed by atoms with Gasteiger partial charge in [-0.2, -0.15) is 0 Å². The molecule has 1 fully saturated rings. The highest BCUT2D eigenvalue weighted by atomic mass is 16.5. The quantitative estimate of drug-likeness (QED) is 0.629. The van der Waals surface area contributed by atoms with Crippen molar-refractivity contribution >= 4 is 5.91 Å². The van der Waals surface area contributed by atoms with Gasteiger partial charge in [0.15, 0.2) is 0 Å². The summed E-state index contributed by atoms with van der Waals surface area (Å²) in [6.45, 7) is 10.9. The lowest BCUT2D eigenvalue weighted by Gasteiger charge is -2.35. The summed E-state index contributed by atoms with van der Waals surface area (Å²) >= 11 is 0. The SMILES string of the molecule is COCCCNC(=O)C(C)N1CCC(CNC(C)C)CC1. The first-order valence-electron chi connectivity index (χ1n) is 8.28. The predicted molar refractivity (Wildman–Crippen MR) is 86.4 cm³/mol. The molecule has 1 amide bonds. The van der Waals surface area contributed by atoms with E-state index in [0.29, 0.717) is 19.2 Å². The molecule has 0 bridgehead atoms. The van der Waals surface area contributed by atoms with Gasteiger partial charge in [-0.05, 0) is 51.7 Å². The molecule has 1 aliphatic heterocycles. The van der Waals surface area contributed by atoms with E-state index in [-0.39, 0.29) is 11.9 Å². The van der Waals surface area contributed by atoms with Gasteiger partial charge in [0.25, 0.3) is 0 Å². The molecule has 0 aromatic heterocycles. The monoisotopic (exact) mass is 299 g/mol. The minimum Gasteiger partial charge on any atom is -0.385 e. The van der Waals surface area contributed by atoms with Crippen LogP contribution in [0, 0.1) is 5.92 Å². The first kappa shape index (κ1) is 18.4. The largest absolute Gasteiger partial charge is 0.385 e. The summed E-state index contributed by atoms with van der Waals surface area (Å²) in [5, 5.41) is 6.51. The van der Waals surface area contributed by atoms with Crippen molar-refractivity contribution in [2.45, 2.75) is 52.1 Å². The Morgan fingerprint density at radius 2 is 1.95 bits per heavy atom. The third-order valence-electron chi connectivity index (χ3n) is 4.22. The number of amides is 1. The van der Waals surface area contributed by atoms with Crippen molar-refractivity contribution in [2.24, 2.45) is 5.92 Å². The second kappa shape index (κ2) is 10.1. The number of hydrogen-bond donors (Lipinski definition) is 2. The summed E-state index contributed by atoms with van der Waals surface area (Å²) < 4.78 is 4.98. The lowest BCUT2D eigenvalue weighted by atomic mass is 9.95. The molecule has 1 aliphatic rings. The first-order chi connectivity index (χ1) is 10.0. The van der Waals surface area contributed by atoms with E-state index >= 15 is 0 Å². The van der Waals surface area contributed by atoms with E-state index in [0.717, 1.165) is 32.0 Å². The summed E-state index contributed by atoms with van der Waals surface area (Å²) in [6.07, 6.45) is 3.24. The zero-order chi connectivity index (χ0) is 15.7. The maximum Gasteiger partial charge on any atom is 0.237 e. The number of methoxy groups -OCH3 is 1. The maximum atomic E-state index is 12.1. The van der Waals surface area contributed by atoms with E-state index in [9.17, 15) is 4.79 Å². The number of rotatable bonds is 9. The molecule has 124 valence electrons. The van der Waals surface area contributed by atoms with Gasteiger partial charge in [-0.15, -0.1) is 0 Å². The fourth-order valence-corrected chi connectivity index (χ4v) is 2.69. The van der Waals surface area contributed by atoms with Crippen molar-refractivity contribution in [1.29, 1.82) is 0 Å². The van der Waals surface area contributed by atoms with Gasteiger partial charge < -0.3 is 15.4 Å². The normalized spacial score (nSPS) is 18.9. The standard InChI is InChI=1S/C16H33N3O2/c1-13(2)18-12-15-6-9-19(10-7-15)14(3)16(20)17-8-5-11-21-4/h13-15,18H,5-12H2,1-4H3,(H,17,20). The molecular formula is C16H33N3O2. The fourth-order valence-electron chi connectivity index (χ4n) is 2.69. The molecule has 1 unspecified atom stereocenters. The summed E-state index contributed by atoms with van der Waals surface area (Å²) in [5.41, 5.74) is 0. The molecule has 2 N–H and O–H groups in total. The average Bonchev–Trinajstić information content (AvgIpc) is 2.49. The number of carbonyl (C=O) groups is 1. The lowest BCUT2D eigenvalue weighted by Crippen LogP contribution is -2.49. The molecule has 0 radical (unpaired) electrons. The van der Waals surface area contributed by atoms with Gasteiger partial charge in [0.2, 0.25) is 5.91 Å². The molecule has 5 heteroatoms. The van der Waals surface area contributed by atoms with Gasteiger partial charge >= 0.3 is 0 Å². The van der Waals surface area contributed by atoms with E-state index in [2.05, 4.69) is 29.4 Å². The number of likely N-dealkylation sites (tertiary alicyclic amines) is 1. The Hall–Kier alpha value is -0.650. The molecule has 1 heterocycles. The zero-order valence-electron chi connectivity index (χ0n) is 14.2. The average molecular weight is 299 g/mol. The lowest BCUT2D eigenvalue weighted by molar-refractivity contribution is -0.126. The summed E-state index contributed by atoms with van der Waals surface area (Å²) in [5.74, 6) is 0.894. The van der Waals surface area contributed by atoms with Crippen LogP contribution in [0.1, 0.15) is 40.0 Å². The number of carbonyl (C=O) groups excluding carboxylic acids is 1. The number of nitrogens with zero attached hydrogens (tertiary/aromatic N) is 1. The highest BCUT2D eigenvalue weighted by Crippen LogP contribution is 2.18. The van der Waals surface area contributed by atoms with Gasteiger partial charge in [0, 0.05) is 26.3 Å². The first-order valence-corrected chi connectivity index (χ1v) is 8.28. The molecular weight excluding hydrogens is 266 g/mol. The molecule has 0 spiro atoms. The third kappa shape index (κ3) is 7.25. The maximum absolute atomic E-state index is 12.1. The Labute approximate surface area is 129 Å². The van der Waals surface area contributed by atoms with Crippen LogP contribution in [0.5, 0.6) is 0 Å². The summed E-state index contributed by atoms with van der Waals surface area (Å²) in [6, 6.07) is 0.534. The summed E-state index contributed by atoms with van der Waals surface area (Å²) in [4.78, 5) is 14.4. The molecule has 1 saturated heterocycles. The van der Waals surface area contributed by atoms with Gasteiger partial charge in [0.1, 0.15) is 0 Å². The van der Waals surface area contributed by atoms with Crippen LogP contribution in [-0.2, 0) is 9.53 Å². The second-order valence-electron chi connectivity index (χ2n) is 6.36. The van der Waals surface area contributed by atoms with Gasteiger partial charge in [-0.25, -0.2) is 0 Å². The van der Waals surface area contributed by atoms with Crippen LogP contribution in [0.2, 0.25) is 0 Å². The highest BCUT2D eigenvalue weighted by Gasteiger charge is 2.26. The Morgan fingerprint density at radius 1 is 1.29 bits per heavy atom. The van der Waals surface area contributed by atoms with Gasteiger partial charge in [0.05, 0.1) is 6.04 Å². The van der Waals surface area contributed by atoms with Crippen LogP contribution in [-0.4, -0.2) is 62.8 Å². The molecule has 0 saturated carbocycles. The summed E-state index contributed by atoms with van der Waals surface area (Å²) in [7, 11) is 1.68. The minimum atomic E-state index is -0.0217. The minimum absolute atomic E-state index is 0.0217. The Kier molecular flexibility index (Phi) is 8.88. The third-order valence-corrected chi connectivity index (χ3v) is 4.22. The topological polar surface area (TPSA) is 53.6 Å². The van der Waals surface area contributed by atoms with Crippen molar-refractivity contribution in [1.82, 2.24) is 15.5 Å². The van der Waals surface area contributed by atoms with Gasteiger partial charge in [-0.3, -0.25) is 9.69 Å². The molecule has 0 aromatic rings. The molecule has 21 heavy (non-hydrogen) atoms. The zero-order valence-corrected chi connectivity index (χ0v) is 14.2. The Balaban J connectivity index is 2.21. The number of ether oxygens (including phenoxy) is 1. The molecule has 5 nitrogen and oxygen atoms in total. The van der Waals surface area contributed by atoms with Crippen LogP contribution >= 0.6 is 0 Å². The smallest absolute Gasteiger partial charge is 0.237 e. The fraction of sp³-hybridized carbons (Fsp3) is 0.938. The van der Waals surface area contributed by atoms with E-state index in [4.69, 9.17) is 4.74 Å². The van der Waals surface area contributed by atoms with Crippen molar-refractivity contribution in [3.05, 3.63) is 0 Å². The highest BCUT2D eigenvalue weighted by molar-refractivity contribution is 5.81. The Bertz CT molecular complexity index is 289. The number of piperidine rings is 1. The molecule has 1 rings (SSSR count). The van der Waals surface area contributed by atoms with Gasteiger partial charge in [-0.1, -0.05) is 13.8 Å². The van der Waals surface area contributed by atoms with Crippen molar-refractivity contribution < 1.29 is 9.53 Å². The van der Waals surface area contributed by atoms with Crippen LogP contribution < -0.4 is 10.6 Å². The van der Waals surface area contributed by atoms with E-state index in [1.165, 1.54) is 12.8 Å². The molecule has 0 aromatic carbocycles. The molecule has 1 atom stereocenters. The number of nitrogens with one attached hydrogen (secondary N) is 2. The molecule has 0 aliphatic carbocycles. The van der Waals surface area contributed by atoms with Crippen molar-refractivity contribution in [3.8, 4) is 0 Å². The predicted octanol–water partition coefficient (Wildman–Crippen LogP) is 1.24. The van der Waals surface area contributed by atoms with Crippen LogP contribution in [0.15, 0.2) is 0 Å².